The van der Waals surface area contributed by atoms with Crippen LogP contribution in [0.2, 0.25) is 5.02 Å². The minimum atomic E-state index is -0.557. The van der Waals surface area contributed by atoms with Crippen LogP contribution in [0.25, 0.3) is 22.2 Å². The highest BCUT2D eigenvalue weighted by Crippen LogP contribution is 2.29. The molecule has 4 heteroatoms. The van der Waals surface area contributed by atoms with Gasteiger partial charge in [-0.3, -0.25) is 0 Å². The molecule has 0 aliphatic heterocycles. The van der Waals surface area contributed by atoms with Crippen molar-refractivity contribution in [3.05, 3.63) is 65.2 Å². The average Bonchev–Trinajstić information content (AvgIpc) is 2.65. The Labute approximate surface area is 153 Å². The molecule has 0 bridgehead atoms. The Kier molecular flexibility index (Phi) is 5.69. The van der Waals surface area contributed by atoms with Gasteiger partial charge in [-0.15, -0.1) is 0 Å². The first-order valence-electron chi connectivity index (χ1n) is 8.68. The molecule has 2 aromatic carbocycles. The average molecular weight is 355 g/mol. The molecule has 130 valence electrons. The summed E-state index contributed by atoms with van der Waals surface area (Å²) < 4.78 is 0. The van der Waals surface area contributed by atoms with Crippen molar-refractivity contribution in [3.8, 4) is 11.3 Å². The van der Waals surface area contributed by atoms with E-state index in [4.69, 9.17) is 16.6 Å². The third-order valence-corrected chi connectivity index (χ3v) is 4.82. The van der Waals surface area contributed by atoms with Gasteiger partial charge in [-0.05, 0) is 42.9 Å². The van der Waals surface area contributed by atoms with E-state index in [1.807, 2.05) is 54.6 Å². The molecule has 1 N–H and O–H groups in total. The molecule has 0 aliphatic rings. The first-order valence-corrected chi connectivity index (χ1v) is 9.06. The van der Waals surface area contributed by atoms with Gasteiger partial charge >= 0.3 is 0 Å². The second-order valence-electron chi connectivity index (χ2n) is 6.12. The van der Waals surface area contributed by atoms with Crippen LogP contribution in [0.4, 0.5) is 0 Å². The summed E-state index contributed by atoms with van der Waals surface area (Å²) in [6.45, 7) is 6.67. The smallest absolute Gasteiger partial charge is 0.0924 e. The highest BCUT2D eigenvalue weighted by molar-refractivity contribution is 6.30. The van der Waals surface area contributed by atoms with Crippen molar-refractivity contribution >= 4 is 22.5 Å². The van der Waals surface area contributed by atoms with Gasteiger partial charge in [0.15, 0.2) is 0 Å². The van der Waals surface area contributed by atoms with Crippen molar-refractivity contribution in [1.29, 1.82) is 0 Å². The van der Waals surface area contributed by atoms with E-state index in [0.29, 0.717) is 11.6 Å². The Morgan fingerprint density at radius 3 is 2.40 bits per heavy atom. The molecule has 0 aliphatic carbocycles. The van der Waals surface area contributed by atoms with Gasteiger partial charge in [0.2, 0.25) is 0 Å². The number of fused-ring (bicyclic) bond motifs is 1. The fourth-order valence-corrected chi connectivity index (χ4v) is 3.20. The third kappa shape index (κ3) is 4.01. The summed E-state index contributed by atoms with van der Waals surface area (Å²) in [7, 11) is 0. The molecule has 3 rings (SSSR count). The summed E-state index contributed by atoms with van der Waals surface area (Å²) in [5, 5.41) is 12.6. The number of aliphatic hydroxyl groups is 1. The molecule has 1 heterocycles. The molecule has 3 aromatic rings. The second kappa shape index (κ2) is 7.96. The van der Waals surface area contributed by atoms with E-state index < -0.39 is 6.10 Å². The first kappa shape index (κ1) is 17.9. The topological polar surface area (TPSA) is 36.4 Å². The molecule has 1 unspecified atom stereocenters. The van der Waals surface area contributed by atoms with Crippen LogP contribution < -0.4 is 0 Å². The second-order valence-corrected chi connectivity index (χ2v) is 6.56. The van der Waals surface area contributed by atoms with Crippen LogP contribution >= 0.6 is 11.6 Å². The summed E-state index contributed by atoms with van der Waals surface area (Å²) in [6.07, 6.45) is -0.557. The fourth-order valence-electron chi connectivity index (χ4n) is 3.07. The van der Waals surface area contributed by atoms with E-state index in [0.717, 1.165) is 40.8 Å². The lowest BCUT2D eigenvalue weighted by Gasteiger charge is -2.23. The van der Waals surface area contributed by atoms with Crippen molar-refractivity contribution in [2.45, 2.75) is 20.0 Å². The summed E-state index contributed by atoms with van der Waals surface area (Å²) >= 11 is 6.00. The van der Waals surface area contributed by atoms with Gasteiger partial charge < -0.3 is 10.0 Å². The van der Waals surface area contributed by atoms with Crippen LogP contribution in [-0.4, -0.2) is 34.6 Å². The van der Waals surface area contributed by atoms with Gasteiger partial charge in [-0.25, -0.2) is 4.98 Å². The van der Waals surface area contributed by atoms with E-state index in [9.17, 15) is 5.11 Å². The predicted molar refractivity (Wildman–Crippen MR) is 105 cm³/mol. The van der Waals surface area contributed by atoms with Crippen LogP contribution in [0.3, 0.4) is 0 Å². The highest BCUT2D eigenvalue weighted by Gasteiger charge is 2.16. The van der Waals surface area contributed by atoms with Gasteiger partial charge in [0, 0.05) is 22.5 Å². The van der Waals surface area contributed by atoms with Crippen molar-refractivity contribution in [1.82, 2.24) is 9.88 Å². The minimum Gasteiger partial charge on any atom is -0.387 e. The lowest BCUT2D eigenvalue weighted by Crippen LogP contribution is -2.28. The monoisotopic (exact) mass is 354 g/mol. The Balaban J connectivity index is 2.08. The Morgan fingerprint density at radius 1 is 1.04 bits per heavy atom. The molecule has 0 fully saturated rings. The maximum Gasteiger partial charge on any atom is 0.0924 e. The van der Waals surface area contributed by atoms with Gasteiger partial charge in [-0.2, -0.15) is 0 Å². The number of hydrogen-bond donors (Lipinski definition) is 1. The number of pyridine rings is 1. The number of halogens is 1. The fraction of sp³-hybridized carbons (Fsp3) is 0.286. The van der Waals surface area contributed by atoms with Crippen LogP contribution in [0.15, 0.2) is 54.6 Å². The van der Waals surface area contributed by atoms with Crippen LogP contribution in [0.5, 0.6) is 0 Å². The van der Waals surface area contributed by atoms with Crippen LogP contribution in [0.1, 0.15) is 25.5 Å². The molecule has 25 heavy (non-hydrogen) atoms. The van der Waals surface area contributed by atoms with Crippen molar-refractivity contribution in [3.63, 3.8) is 0 Å². The zero-order valence-electron chi connectivity index (χ0n) is 14.6. The Hall–Kier alpha value is -1.94. The maximum atomic E-state index is 10.9. The predicted octanol–water partition coefficient (Wildman–Crippen LogP) is 4.93. The third-order valence-electron chi connectivity index (χ3n) is 4.57. The largest absolute Gasteiger partial charge is 0.387 e. The zero-order chi connectivity index (χ0) is 17.8. The van der Waals surface area contributed by atoms with Gasteiger partial charge in [-0.1, -0.05) is 55.8 Å². The van der Waals surface area contributed by atoms with E-state index in [1.54, 1.807) is 0 Å². The van der Waals surface area contributed by atoms with Crippen molar-refractivity contribution in [2.24, 2.45) is 0 Å². The van der Waals surface area contributed by atoms with Crippen molar-refractivity contribution < 1.29 is 5.11 Å². The van der Waals surface area contributed by atoms with Gasteiger partial charge in [0.05, 0.1) is 17.3 Å². The van der Waals surface area contributed by atoms with Crippen LogP contribution in [-0.2, 0) is 0 Å². The van der Waals surface area contributed by atoms with E-state index in [-0.39, 0.29) is 0 Å². The number of aromatic nitrogens is 1. The molecule has 1 aromatic heterocycles. The SMILES string of the molecule is CCN(CC)CC(O)c1cc(-c2ccc(Cl)cc2)nc2ccccc12. The van der Waals surface area contributed by atoms with Crippen molar-refractivity contribution in [2.75, 3.05) is 19.6 Å². The number of aliphatic hydroxyl groups excluding tert-OH is 1. The van der Waals surface area contributed by atoms with E-state index >= 15 is 0 Å². The van der Waals surface area contributed by atoms with Gasteiger partial charge in [0.1, 0.15) is 0 Å². The molecular weight excluding hydrogens is 332 g/mol. The number of rotatable bonds is 6. The quantitative estimate of drug-likeness (QED) is 0.681. The molecule has 0 amide bonds. The maximum absolute atomic E-state index is 10.9. The van der Waals surface area contributed by atoms with E-state index in [1.165, 1.54) is 0 Å². The standard InChI is InChI=1S/C21H23ClN2O/c1-3-24(4-2)14-21(25)18-13-20(15-9-11-16(22)12-10-15)23-19-8-6-5-7-17(18)19/h5-13,21,25H,3-4,14H2,1-2H3. The lowest BCUT2D eigenvalue weighted by atomic mass is 10.00. The van der Waals surface area contributed by atoms with E-state index in [2.05, 4.69) is 18.7 Å². The zero-order valence-corrected chi connectivity index (χ0v) is 15.4. The Morgan fingerprint density at radius 2 is 1.72 bits per heavy atom. The molecule has 0 saturated carbocycles. The molecule has 1 atom stereocenters. The molecule has 0 saturated heterocycles. The first-order chi connectivity index (χ1) is 12.1. The summed E-state index contributed by atoms with van der Waals surface area (Å²) in [5.41, 5.74) is 3.65. The minimum absolute atomic E-state index is 0.557. The molecule has 0 radical (unpaired) electrons. The number of para-hydroxylation sites is 1. The molecule has 0 spiro atoms. The summed E-state index contributed by atoms with van der Waals surface area (Å²) in [6, 6.07) is 17.6. The number of likely N-dealkylation sites (N-methyl/N-ethyl adjacent to an activating group) is 1. The molecule has 3 nitrogen and oxygen atoms in total. The number of hydrogen-bond acceptors (Lipinski definition) is 3. The summed E-state index contributed by atoms with van der Waals surface area (Å²) in [5.74, 6) is 0. The van der Waals surface area contributed by atoms with Crippen LogP contribution in [0, 0.1) is 0 Å². The number of nitrogens with zero attached hydrogens (tertiary/aromatic N) is 2. The lowest BCUT2D eigenvalue weighted by molar-refractivity contribution is 0.120. The molecular formula is C21H23ClN2O. The Bertz CT molecular complexity index is 844. The normalized spacial score (nSPS) is 12.7. The highest BCUT2D eigenvalue weighted by atomic mass is 35.5. The van der Waals surface area contributed by atoms with Gasteiger partial charge in [0.25, 0.3) is 0 Å². The summed E-state index contributed by atoms with van der Waals surface area (Å²) in [4.78, 5) is 6.99. The number of benzene rings is 2.